The third-order valence-electron chi connectivity index (χ3n) is 8.71. The highest BCUT2D eigenvalue weighted by Crippen LogP contribution is 2.32. The summed E-state index contributed by atoms with van der Waals surface area (Å²) in [6.45, 7) is 6.81. The smallest absolute Gasteiger partial charge is 0.145 e. The number of rotatable bonds is 7. The van der Waals surface area contributed by atoms with Gasteiger partial charge in [0.25, 0.3) is 0 Å². The molecule has 0 bridgehead atoms. The van der Waals surface area contributed by atoms with Crippen LogP contribution in [0.3, 0.4) is 0 Å². The number of nitrogens with zero attached hydrogens (tertiary/aromatic N) is 6. The second-order valence-electron chi connectivity index (χ2n) is 11.4. The molecule has 0 unspecified atom stereocenters. The normalized spacial score (nSPS) is 17.9. The van der Waals surface area contributed by atoms with Crippen molar-refractivity contribution < 1.29 is 0 Å². The summed E-state index contributed by atoms with van der Waals surface area (Å²) >= 11 is 12.5. The monoisotopic (exact) mass is 588 g/mol. The molecule has 3 heterocycles. The molecule has 0 atom stereocenters. The van der Waals surface area contributed by atoms with Gasteiger partial charge in [0.05, 0.1) is 18.1 Å². The number of piperazine rings is 1. The van der Waals surface area contributed by atoms with Gasteiger partial charge in [-0.1, -0.05) is 59.6 Å². The summed E-state index contributed by atoms with van der Waals surface area (Å²) in [6.07, 6.45) is 2.32. The maximum atomic E-state index is 6.23. The van der Waals surface area contributed by atoms with Gasteiger partial charge in [-0.05, 0) is 80.5 Å². The van der Waals surface area contributed by atoms with Gasteiger partial charge in [0.15, 0.2) is 0 Å². The van der Waals surface area contributed by atoms with E-state index in [1.807, 2.05) is 24.3 Å². The van der Waals surface area contributed by atoms with Crippen molar-refractivity contribution >= 4 is 39.9 Å². The Balaban J connectivity index is 1.19. The van der Waals surface area contributed by atoms with Gasteiger partial charge in [0, 0.05) is 54.7 Å². The van der Waals surface area contributed by atoms with Crippen molar-refractivity contribution in [1.82, 2.24) is 24.7 Å². The zero-order valence-electron chi connectivity index (χ0n) is 23.9. The molecule has 0 saturated carbocycles. The predicted octanol–water partition coefficient (Wildman–Crippen LogP) is 6.37. The molecule has 0 N–H and O–H groups in total. The van der Waals surface area contributed by atoms with E-state index in [0.717, 1.165) is 91.2 Å². The first kappa shape index (κ1) is 28.4. The van der Waals surface area contributed by atoms with Crippen LogP contribution >= 0.6 is 23.2 Å². The average molecular weight is 590 g/mol. The van der Waals surface area contributed by atoms with Crippen molar-refractivity contribution in [2.75, 3.05) is 58.3 Å². The number of piperidine rings is 1. The van der Waals surface area contributed by atoms with Crippen LogP contribution < -0.4 is 4.90 Å². The third kappa shape index (κ3) is 6.52. The summed E-state index contributed by atoms with van der Waals surface area (Å²) in [7, 11) is 4.42. The van der Waals surface area contributed by atoms with Gasteiger partial charge in [-0.3, -0.25) is 9.80 Å². The van der Waals surface area contributed by atoms with Gasteiger partial charge in [-0.15, -0.1) is 0 Å². The molecular weight excluding hydrogens is 551 g/mol. The largest absolute Gasteiger partial charge is 0.356 e. The molecule has 1 aromatic heterocycles. The van der Waals surface area contributed by atoms with E-state index >= 15 is 0 Å². The van der Waals surface area contributed by atoms with Crippen molar-refractivity contribution in [1.29, 1.82) is 0 Å². The lowest BCUT2D eigenvalue weighted by Gasteiger charge is -2.39. The van der Waals surface area contributed by atoms with Crippen molar-refractivity contribution in [2.45, 2.75) is 31.5 Å². The number of benzene rings is 3. The van der Waals surface area contributed by atoms with E-state index < -0.39 is 0 Å². The molecule has 4 aromatic rings. The Hall–Kier alpha value is -2.74. The number of likely N-dealkylation sites (tertiary alicyclic amines) is 1. The van der Waals surface area contributed by atoms with E-state index in [9.17, 15) is 0 Å². The minimum Gasteiger partial charge on any atom is -0.356 e. The second-order valence-corrected chi connectivity index (χ2v) is 12.3. The summed E-state index contributed by atoms with van der Waals surface area (Å²) < 4.78 is 0. The number of aromatic nitrogens is 2. The molecule has 0 radical (unpaired) electrons. The molecular formula is C33H38Cl2N6. The maximum Gasteiger partial charge on any atom is 0.145 e. The molecule has 2 fully saturated rings. The molecule has 0 amide bonds. The van der Waals surface area contributed by atoms with Crippen LogP contribution in [-0.2, 0) is 6.54 Å². The lowest BCUT2D eigenvalue weighted by molar-refractivity contribution is 0.103. The molecule has 6 rings (SSSR count). The highest BCUT2D eigenvalue weighted by molar-refractivity contribution is 6.30. The fourth-order valence-electron chi connectivity index (χ4n) is 6.29. The van der Waals surface area contributed by atoms with Gasteiger partial charge in [-0.2, -0.15) is 0 Å². The Morgan fingerprint density at radius 3 is 1.98 bits per heavy atom. The summed E-state index contributed by atoms with van der Waals surface area (Å²) in [4.78, 5) is 20.0. The molecule has 0 spiro atoms. The number of hydrogen-bond acceptors (Lipinski definition) is 6. The fourth-order valence-corrected chi connectivity index (χ4v) is 6.54. The number of fused-ring (bicyclic) bond motifs is 1. The van der Waals surface area contributed by atoms with E-state index in [2.05, 4.69) is 82.2 Å². The van der Waals surface area contributed by atoms with E-state index in [1.54, 1.807) is 0 Å². The molecule has 214 valence electrons. The zero-order chi connectivity index (χ0) is 28.3. The summed E-state index contributed by atoms with van der Waals surface area (Å²) in [5.74, 6) is 1.96. The van der Waals surface area contributed by atoms with Gasteiger partial charge in [0.1, 0.15) is 11.6 Å². The standard InChI is InChI=1S/C33H38Cl2N6/c1-38-17-15-28(16-18-38)39(2)33-29-5-3-4-6-30(29)36-31(37-33)23-40-19-21-41(22-20-40)32(24-7-11-26(34)12-8-24)25-9-13-27(35)14-10-25/h3-14,28,32H,15-23H2,1-2H3. The Morgan fingerprint density at radius 1 is 0.780 bits per heavy atom. The lowest BCUT2D eigenvalue weighted by Crippen LogP contribution is -2.47. The Bertz CT molecular complexity index is 1400. The van der Waals surface area contributed by atoms with Crippen LogP contribution in [0.4, 0.5) is 5.82 Å². The summed E-state index contributed by atoms with van der Waals surface area (Å²) in [5, 5.41) is 2.64. The molecule has 2 aliphatic heterocycles. The van der Waals surface area contributed by atoms with Crippen LogP contribution in [0.15, 0.2) is 72.8 Å². The van der Waals surface area contributed by atoms with Gasteiger partial charge in [0.2, 0.25) is 0 Å². The van der Waals surface area contributed by atoms with Crippen LogP contribution in [0, 0.1) is 0 Å². The topological polar surface area (TPSA) is 38.7 Å². The quantitative estimate of drug-likeness (QED) is 0.249. The van der Waals surface area contributed by atoms with Crippen LogP contribution in [0.5, 0.6) is 0 Å². The number of hydrogen-bond donors (Lipinski definition) is 0. The average Bonchev–Trinajstić information content (AvgIpc) is 3.00. The lowest BCUT2D eigenvalue weighted by atomic mass is 9.96. The first-order valence-electron chi connectivity index (χ1n) is 14.6. The number of anilines is 1. The molecule has 8 heteroatoms. The first-order chi connectivity index (χ1) is 19.9. The van der Waals surface area contributed by atoms with Gasteiger partial charge in [-0.25, -0.2) is 9.97 Å². The summed E-state index contributed by atoms with van der Waals surface area (Å²) in [6, 6.07) is 25.6. The highest BCUT2D eigenvalue weighted by atomic mass is 35.5. The molecule has 0 aliphatic carbocycles. The second kappa shape index (κ2) is 12.6. The fraction of sp³-hybridized carbons (Fsp3) is 0.394. The first-order valence-corrected chi connectivity index (χ1v) is 15.3. The molecule has 2 aliphatic rings. The molecule has 6 nitrogen and oxygen atoms in total. The Kier molecular flexibility index (Phi) is 8.75. The third-order valence-corrected chi connectivity index (χ3v) is 9.21. The van der Waals surface area contributed by atoms with Crippen molar-refractivity contribution in [3.05, 3.63) is 99.8 Å². The Labute approximate surface area is 253 Å². The van der Waals surface area contributed by atoms with Crippen molar-refractivity contribution in [3.8, 4) is 0 Å². The highest BCUT2D eigenvalue weighted by Gasteiger charge is 2.28. The van der Waals surface area contributed by atoms with Crippen molar-refractivity contribution in [2.24, 2.45) is 0 Å². The molecule has 41 heavy (non-hydrogen) atoms. The Morgan fingerprint density at radius 2 is 1.37 bits per heavy atom. The van der Waals surface area contributed by atoms with Gasteiger partial charge >= 0.3 is 0 Å². The number of para-hydroxylation sites is 1. The van der Waals surface area contributed by atoms with E-state index in [4.69, 9.17) is 33.2 Å². The number of halogens is 2. The maximum absolute atomic E-state index is 6.23. The van der Waals surface area contributed by atoms with E-state index in [0.29, 0.717) is 6.04 Å². The van der Waals surface area contributed by atoms with Crippen LogP contribution in [-0.4, -0.2) is 84.1 Å². The van der Waals surface area contributed by atoms with E-state index in [1.165, 1.54) is 11.1 Å². The molecule has 3 aromatic carbocycles. The summed E-state index contributed by atoms with van der Waals surface area (Å²) in [5.41, 5.74) is 3.51. The van der Waals surface area contributed by atoms with Crippen LogP contribution in [0.2, 0.25) is 10.0 Å². The predicted molar refractivity (Wildman–Crippen MR) is 170 cm³/mol. The minimum absolute atomic E-state index is 0.151. The van der Waals surface area contributed by atoms with E-state index in [-0.39, 0.29) is 6.04 Å². The van der Waals surface area contributed by atoms with Crippen LogP contribution in [0.1, 0.15) is 35.8 Å². The SMILES string of the molecule is CN1CCC(N(C)c2nc(CN3CCN(C(c4ccc(Cl)cc4)c4ccc(Cl)cc4)CC3)nc3ccccc23)CC1. The van der Waals surface area contributed by atoms with Crippen LogP contribution in [0.25, 0.3) is 10.9 Å². The van der Waals surface area contributed by atoms with Gasteiger partial charge < -0.3 is 9.80 Å². The zero-order valence-corrected chi connectivity index (χ0v) is 25.4. The minimum atomic E-state index is 0.151. The van der Waals surface area contributed by atoms with Crippen molar-refractivity contribution in [3.63, 3.8) is 0 Å². The molecule has 2 saturated heterocycles.